The minimum Gasteiger partial charge on any atom is -0.375 e. The zero-order chi connectivity index (χ0) is 13.9. The molecule has 0 radical (unpaired) electrons. The van der Waals surface area contributed by atoms with Gasteiger partial charge in [0.05, 0.1) is 12.8 Å². The molecule has 0 atom stereocenters. The third kappa shape index (κ3) is 4.18. The highest BCUT2D eigenvalue weighted by Gasteiger charge is 2.23. The summed E-state index contributed by atoms with van der Waals surface area (Å²) in [6.07, 6.45) is 0.696. The van der Waals surface area contributed by atoms with E-state index in [1.54, 1.807) is 0 Å². The van der Waals surface area contributed by atoms with E-state index >= 15 is 0 Å². The summed E-state index contributed by atoms with van der Waals surface area (Å²) in [7, 11) is 1.02. The molecular formula is C9H13ClF2N2O3S. The van der Waals surface area contributed by atoms with Crippen molar-refractivity contribution in [2.24, 2.45) is 5.92 Å². The van der Waals surface area contributed by atoms with Gasteiger partial charge in [0.2, 0.25) is 0 Å². The molecular weight excluding hydrogens is 290 g/mol. The van der Waals surface area contributed by atoms with Crippen LogP contribution < -0.4 is 0 Å². The second kappa shape index (κ2) is 5.94. The van der Waals surface area contributed by atoms with Gasteiger partial charge in [-0.15, -0.1) is 0 Å². The first-order valence-electron chi connectivity index (χ1n) is 5.10. The van der Waals surface area contributed by atoms with Crippen LogP contribution in [0, 0.1) is 5.92 Å². The van der Waals surface area contributed by atoms with Crippen molar-refractivity contribution in [3.8, 4) is 0 Å². The molecule has 0 unspecified atom stereocenters. The molecule has 1 aromatic rings. The molecule has 0 bridgehead atoms. The molecule has 0 saturated carbocycles. The van der Waals surface area contributed by atoms with Crippen molar-refractivity contribution in [1.29, 1.82) is 0 Å². The normalized spacial score (nSPS) is 12.6. The van der Waals surface area contributed by atoms with E-state index in [4.69, 9.17) is 15.4 Å². The molecule has 0 saturated heterocycles. The van der Waals surface area contributed by atoms with Crippen molar-refractivity contribution in [3.63, 3.8) is 0 Å². The zero-order valence-electron chi connectivity index (χ0n) is 9.81. The van der Waals surface area contributed by atoms with Crippen molar-refractivity contribution in [2.45, 2.75) is 31.9 Å². The topological polar surface area (TPSA) is 61.2 Å². The van der Waals surface area contributed by atoms with E-state index in [9.17, 15) is 17.2 Å². The number of ether oxygens (including phenoxy) is 1. The van der Waals surface area contributed by atoms with Crippen LogP contribution in [-0.2, 0) is 20.4 Å². The summed E-state index contributed by atoms with van der Waals surface area (Å²) in [6, 6.07) is 0. The Morgan fingerprint density at radius 1 is 1.50 bits per heavy atom. The predicted octanol–water partition coefficient (Wildman–Crippen LogP) is 2.38. The van der Waals surface area contributed by atoms with Gasteiger partial charge in [-0.05, 0) is 5.92 Å². The summed E-state index contributed by atoms with van der Waals surface area (Å²) in [5.74, 6) is 0.234. The van der Waals surface area contributed by atoms with Gasteiger partial charge >= 0.3 is 6.55 Å². The summed E-state index contributed by atoms with van der Waals surface area (Å²) in [5.41, 5.74) is -0.119. The number of aromatic nitrogens is 2. The summed E-state index contributed by atoms with van der Waals surface area (Å²) < 4.78 is 52.6. The third-order valence-electron chi connectivity index (χ3n) is 1.92. The fraction of sp³-hybridized carbons (Fsp3) is 0.667. The second-order valence-corrected chi connectivity index (χ2v) is 6.58. The number of hydrogen-bond donors (Lipinski definition) is 0. The Bertz CT molecular complexity index is 502. The lowest BCUT2D eigenvalue weighted by Crippen LogP contribution is -2.05. The number of nitrogens with zero attached hydrogens (tertiary/aromatic N) is 2. The van der Waals surface area contributed by atoms with Crippen molar-refractivity contribution in [2.75, 3.05) is 6.61 Å². The monoisotopic (exact) mass is 302 g/mol. The van der Waals surface area contributed by atoms with E-state index in [-0.39, 0.29) is 22.9 Å². The fourth-order valence-electron chi connectivity index (χ4n) is 1.21. The SMILES string of the molecule is CC(C)COCc1nn(C(F)F)cc1S(=O)(=O)Cl. The molecule has 104 valence electrons. The highest BCUT2D eigenvalue weighted by Crippen LogP contribution is 2.22. The number of hydrogen-bond acceptors (Lipinski definition) is 4. The molecule has 0 aliphatic heterocycles. The van der Waals surface area contributed by atoms with Gasteiger partial charge < -0.3 is 4.74 Å². The Morgan fingerprint density at radius 2 is 2.11 bits per heavy atom. The van der Waals surface area contributed by atoms with Gasteiger partial charge in [0.25, 0.3) is 9.05 Å². The molecule has 1 heterocycles. The molecule has 0 fully saturated rings. The van der Waals surface area contributed by atoms with Crippen molar-refractivity contribution in [3.05, 3.63) is 11.9 Å². The van der Waals surface area contributed by atoms with Crippen LogP contribution in [0.15, 0.2) is 11.1 Å². The number of rotatable bonds is 6. The predicted molar refractivity (Wildman–Crippen MR) is 61.0 cm³/mol. The Labute approximate surface area is 108 Å². The van der Waals surface area contributed by atoms with Crippen LogP contribution in [0.2, 0.25) is 0 Å². The number of alkyl halides is 2. The van der Waals surface area contributed by atoms with Gasteiger partial charge in [-0.1, -0.05) is 13.8 Å². The maximum atomic E-state index is 12.4. The standard InChI is InChI=1S/C9H13ClF2N2O3S/c1-6(2)4-17-5-7-8(18(10,15)16)3-14(13-7)9(11)12/h3,6,9H,4-5H2,1-2H3. The smallest absolute Gasteiger partial charge is 0.333 e. The minimum atomic E-state index is -4.12. The quantitative estimate of drug-likeness (QED) is 0.757. The lowest BCUT2D eigenvalue weighted by Gasteiger charge is -2.05. The average Bonchev–Trinajstić information content (AvgIpc) is 2.60. The van der Waals surface area contributed by atoms with Crippen LogP contribution in [0.4, 0.5) is 8.78 Å². The molecule has 0 spiro atoms. The molecule has 9 heteroatoms. The van der Waals surface area contributed by atoms with E-state index in [0.717, 1.165) is 0 Å². The lowest BCUT2D eigenvalue weighted by atomic mass is 10.2. The highest BCUT2D eigenvalue weighted by atomic mass is 35.7. The van der Waals surface area contributed by atoms with Crippen molar-refractivity contribution >= 4 is 19.7 Å². The maximum Gasteiger partial charge on any atom is 0.333 e. The van der Waals surface area contributed by atoms with Gasteiger partial charge in [-0.25, -0.2) is 13.1 Å². The van der Waals surface area contributed by atoms with Gasteiger partial charge in [0, 0.05) is 17.3 Å². The summed E-state index contributed by atoms with van der Waals surface area (Å²) in [5, 5.41) is 3.45. The van der Waals surface area contributed by atoms with Crippen LogP contribution in [0.3, 0.4) is 0 Å². The summed E-state index contributed by atoms with van der Waals surface area (Å²) in [6.45, 7) is 1.05. The Morgan fingerprint density at radius 3 is 2.56 bits per heavy atom. The van der Waals surface area contributed by atoms with Gasteiger partial charge in [0.1, 0.15) is 10.6 Å². The summed E-state index contributed by atoms with van der Waals surface area (Å²) in [4.78, 5) is -0.451. The maximum absolute atomic E-state index is 12.4. The molecule has 18 heavy (non-hydrogen) atoms. The largest absolute Gasteiger partial charge is 0.375 e. The van der Waals surface area contributed by atoms with Gasteiger partial charge in [0.15, 0.2) is 0 Å². The molecule has 0 aliphatic carbocycles. The molecule has 0 N–H and O–H groups in total. The Balaban J connectivity index is 2.94. The van der Waals surface area contributed by atoms with E-state index < -0.39 is 20.5 Å². The van der Waals surface area contributed by atoms with E-state index in [1.807, 2.05) is 13.8 Å². The van der Waals surface area contributed by atoms with E-state index in [1.165, 1.54) is 0 Å². The van der Waals surface area contributed by atoms with Crippen molar-refractivity contribution < 1.29 is 21.9 Å². The summed E-state index contributed by atoms with van der Waals surface area (Å²) >= 11 is 0. The van der Waals surface area contributed by atoms with Crippen LogP contribution in [0.25, 0.3) is 0 Å². The van der Waals surface area contributed by atoms with Gasteiger partial charge in [-0.2, -0.15) is 13.9 Å². The molecule has 0 amide bonds. The molecule has 1 rings (SSSR count). The molecule has 0 aliphatic rings. The first kappa shape index (κ1) is 15.3. The number of halogens is 3. The molecule has 0 aromatic carbocycles. The minimum absolute atomic E-state index is 0.119. The van der Waals surface area contributed by atoms with Crippen molar-refractivity contribution in [1.82, 2.24) is 9.78 Å². The Kier molecular flexibility index (Phi) is 5.06. The zero-order valence-corrected chi connectivity index (χ0v) is 11.4. The average molecular weight is 303 g/mol. The fourth-order valence-corrected chi connectivity index (χ4v) is 2.21. The highest BCUT2D eigenvalue weighted by molar-refractivity contribution is 8.13. The Hall–Kier alpha value is -0.730. The second-order valence-electron chi connectivity index (χ2n) is 4.04. The van der Waals surface area contributed by atoms with E-state index in [2.05, 4.69) is 5.10 Å². The third-order valence-corrected chi connectivity index (χ3v) is 3.29. The van der Waals surface area contributed by atoms with Gasteiger partial charge in [-0.3, -0.25) is 0 Å². The first-order valence-corrected chi connectivity index (χ1v) is 7.41. The first-order chi connectivity index (χ1) is 8.21. The van der Waals surface area contributed by atoms with Crippen LogP contribution in [0.1, 0.15) is 26.1 Å². The van der Waals surface area contributed by atoms with Crippen LogP contribution in [-0.4, -0.2) is 24.8 Å². The van der Waals surface area contributed by atoms with Crippen LogP contribution >= 0.6 is 10.7 Å². The molecule has 5 nitrogen and oxygen atoms in total. The lowest BCUT2D eigenvalue weighted by molar-refractivity contribution is 0.0533. The van der Waals surface area contributed by atoms with Crippen LogP contribution in [0.5, 0.6) is 0 Å². The van der Waals surface area contributed by atoms with E-state index in [0.29, 0.717) is 12.8 Å². The molecule has 1 aromatic heterocycles.